The smallest absolute Gasteiger partial charge is 0.256 e. The van der Waals surface area contributed by atoms with Crippen molar-refractivity contribution in [1.82, 2.24) is 4.57 Å². The molecule has 1 aliphatic heterocycles. The number of ketones is 1. The van der Waals surface area contributed by atoms with Gasteiger partial charge < -0.3 is 25.1 Å². The van der Waals surface area contributed by atoms with Crippen LogP contribution in [0.2, 0.25) is 0 Å². The molecule has 0 fully saturated rings. The van der Waals surface area contributed by atoms with Gasteiger partial charge in [0.1, 0.15) is 12.5 Å². The zero-order chi connectivity index (χ0) is 20.8. The number of nitrogens with zero attached hydrogens (tertiary/aromatic N) is 1. The van der Waals surface area contributed by atoms with Crippen molar-refractivity contribution in [1.29, 1.82) is 0 Å². The molecule has 0 unspecified atom stereocenters. The fraction of sp³-hybridized carbons (Fsp3) is 0.364. The second-order valence-electron chi connectivity index (χ2n) is 8.37. The van der Waals surface area contributed by atoms with Crippen molar-refractivity contribution in [3.05, 3.63) is 59.3 Å². The molecule has 29 heavy (non-hydrogen) atoms. The minimum absolute atomic E-state index is 0.0922. The Labute approximate surface area is 169 Å². The number of carbonyl (C=O) groups is 2. The third kappa shape index (κ3) is 3.60. The molecular formula is C22H25N3O4. The predicted molar refractivity (Wildman–Crippen MR) is 109 cm³/mol. The van der Waals surface area contributed by atoms with Crippen LogP contribution in [0.25, 0.3) is 5.69 Å². The van der Waals surface area contributed by atoms with Crippen molar-refractivity contribution in [3.63, 3.8) is 0 Å². The standard InChI is InChI=1S/C22H25N3O4/c1-13-8-16-18(10-22(2,3)11-19(16)26)25(13)14-4-5-15(21(23)27)17(9-14)24-12-20-28-6-7-29-20/h4-9,20,24H,10-12H2,1-3H3,(H2,23,27). The molecule has 2 heterocycles. The van der Waals surface area contributed by atoms with E-state index < -0.39 is 12.2 Å². The van der Waals surface area contributed by atoms with Gasteiger partial charge in [-0.3, -0.25) is 9.59 Å². The van der Waals surface area contributed by atoms with Gasteiger partial charge in [0.05, 0.1) is 12.1 Å². The quantitative estimate of drug-likeness (QED) is 0.810. The Hall–Kier alpha value is -3.22. The molecule has 0 saturated carbocycles. The van der Waals surface area contributed by atoms with Crippen LogP contribution in [0.3, 0.4) is 0 Å². The number of rotatable bonds is 5. The number of aryl methyl sites for hydroxylation is 1. The van der Waals surface area contributed by atoms with Gasteiger partial charge in [0.15, 0.2) is 5.78 Å². The summed E-state index contributed by atoms with van der Waals surface area (Å²) < 4.78 is 12.7. The lowest BCUT2D eigenvalue weighted by Crippen LogP contribution is -2.28. The van der Waals surface area contributed by atoms with Crippen molar-refractivity contribution in [2.45, 2.75) is 39.9 Å². The van der Waals surface area contributed by atoms with Crippen LogP contribution >= 0.6 is 0 Å². The molecule has 0 radical (unpaired) electrons. The number of ether oxygens (including phenoxy) is 2. The van der Waals surface area contributed by atoms with E-state index >= 15 is 0 Å². The van der Waals surface area contributed by atoms with E-state index in [0.717, 1.165) is 29.1 Å². The van der Waals surface area contributed by atoms with Crippen LogP contribution < -0.4 is 11.1 Å². The number of nitrogens with two attached hydrogens (primary N) is 1. The summed E-state index contributed by atoms with van der Waals surface area (Å²) in [6.07, 6.45) is 3.85. The first-order valence-electron chi connectivity index (χ1n) is 9.64. The fourth-order valence-corrected chi connectivity index (χ4v) is 4.10. The van der Waals surface area contributed by atoms with Gasteiger partial charge in [-0.05, 0) is 43.0 Å². The van der Waals surface area contributed by atoms with Crippen LogP contribution in [0, 0.1) is 12.3 Å². The SMILES string of the molecule is Cc1cc2c(n1-c1ccc(C(N)=O)c(NCC3OC=CO3)c1)CC(C)(C)CC2=O. The van der Waals surface area contributed by atoms with Crippen LogP contribution in [0.4, 0.5) is 5.69 Å². The number of hydrogen-bond acceptors (Lipinski definition) is 5. The average molecular weight is 395 g/mol. The molecule has 0 spiro atoms. The molecule has 2 aliphatic rings. The monoisotopic (exact) mass is 395 g/mol. The molecule has 7 heteroatoms. The third-order valence-electron chi connectivity index (χ3n) is 5.37. The van der Waals surface area contributed by atoms with Crippen molar-refractivity contribution < 1.29 is 19.1 Å². The van der Waals surface area contributed by atoms with E-state index in [1.807, 2.05) is 25.1 Å². The highest BCUT2D eigenvalue weighted by Gasteiger charge is 2.34. The summed E-state index contributed by atoms with van der Waals surface area (Å²) in [7, 11) is 0. The van der Waals surface area contributed by atoms with Crippen LogP contribution in [0.5, 0.6) is 0 Å². The Morgan fingerprint density at radius 3 is 2.66 bits per heavy atom. The van der Waals surface area contributed by atoms with E-state index in [0.29, 0.717) is 24.2 Å². The summed E-state index contributed by atoms with van der Waals surface area (Å²) in [6.45, 7) is 6.56. The van der Waals surface area contributed by atoms with Crippen LogP contribution in [-0.4, -0.2) is 29.1 Å². The van der Waals surface area contributed by atoms with Crippen molar-refractivity contribution >= 4 is 17.4 Å². The van der Waals surface area contributed by atoms with Crippen LogP contribution in [0.15, 0.2) is 36.8 Å². The zero-order valence-corrected chi connectivity index (χ0v) is 16.8. The number of fused-ring (bicyclic) bond motifs is 1. The van der Waals surface area contributed by atoms with Gasteiger partial charge >= 0.3 is 0 Å². The number of nitrogens with one attached hydrogen (secondary N) is 1. The number of carbonyl (C=O) groups excluding carboxylic acids is 2. The number of benzene rings is 1. The molecule has 0 bridgehead atoms. The number of anilines is 1. The molecule has 1 aromatic carbocycles. The Balaban J connectivity index is 1.73. The lowest BCUT2D eigenvalue weighted by Gasteiger charge is -2.30. The zero-order valence-electron chi connectivity index (χ0n) is 16.8. The largest absolute Gasteiger partial charge is 0.457 e. The summed E-state index contributed by atoms with van der Waals surface area (Å²) in [5.41, 5.74) is 10.1. The molecule has 3 N–H and O–H groups in total. The molecule has 1 amide bonds. The summed E-state index contributed by atoms with van der Waals surface area (Å²) in [5, 5.41) is 3.19. The van der Waals surface area contributed by atoms with E-state index in [-0.39, 0.29) is 11.2 Å². The highest BCUT2D eigenvalue weighted by atomic mass is 16.7. The lowest BCUT2D eigenvalue weighted by atomic mass is 9.76. The van der Waals surface area contributed by atoms with Crippen LogP contribution in [0.1, 0.15) is 52.4 Å². The molecule has 1 aliphatic carbocycles. The Morgan fingerprint density at radius 1 is 1.24 bits per heavy atom. The van der Waals surface area contributed by atoms with Crippen molar-refractivity contribution in [2.24, 2.45) is 11.1 Å². The maximum atomic E-state index is 12.6. The van der Waals surface area contributed by atoms with E-state index in [9.17, 15) is 9.59 Å². The maximum Gasteiger partial charge on any atom is 0.256 e. The van der Waals surface area contributed by atoms with Gasteiger partial charge in [-0.25, -0.2) is 0 Å². The first-order chi connectivity index (χ1) is 13.7. The summed E-state index contributed by atoms with van der Waals surface area (Å²) in [5.74, 6) is -0.346. The third-order valence-corrected chi connectivity index (χ3v) is 5.37. The molecular weight excluding hydrogens is 370 g/mol. The van der Waals surface area contributed by atoms with Gasteiger partial charge in [0.2, 0.25) is 0 Å². The van der Waals surface area contributed by atoms with Gasteiger partial charge in [-0.1, -0.05) is 13.8 Å². The fourth-order valence-electron chi connectivity index (χ4n) is 4.10. The van der Waals surface area contributed by atoms with E-state index in [1.165, 1.54) is 12.5 Å². The number of amides is 1. The summed E-state index contributed by atoms with van der Waals surface area (Å²) in [6, 6.07) is 7.39. The van der Waals surface area contributed by atoms with E-state index in [2.05, 4.69) is 23.7 Å². The molecule has 0 atom stereocenters. The highest BCUT2D eigenvalue weighted by molar-refractivity contribution is 6.00. The highest BCUT2D eigenvalue weighted by Crippen LogP contribution is 2.38. The van der Waals surface area contributed by atoms with Crippen LogP contribution in [-0.2, 0) is 15.9 Å². The molecule has 2 aromatic rings. The second-order valence-corrected chi connectivity index (χ2v) is 8.37. The van der Waals surface area contributed by atoms with Gasteiger partial charge in [0.25, 0.3) is 12.2 Å². The topological polar surface area (TPSA) is 95.6 Å². The number of aromatic nitrogens is 1. The second kappa shape index (κ2) is 6.99. The van der Waals surface area contributed by atoms with Crippen molar-refractivity contribution in [3.8, 4) is 5.69 Å². The molecule has 4 rings (SSSR count). The summed E-state index contributed by atoms with van der Waals surface area (Å²) in [4.78, 5) is 24.5. The van der Waals surface area contributed by atoms with E-state index in [4.69, 9.17) is 15.2 Å². The first-order valence-corrected chi connectivity index (χ1v) is 9.64. The minimum Gasteiger partial charge on any atom is -0.457 e. The molecule has 1 aromatic heterocycles. The Kier molecular flexibility index (Phi) is 4.61. The first kappa shape index (κ1) is 19.1. The maximum absolute atomic E-state index is 12.6. The molecule has 7 nitrogen and oxygen atoms in total. The minimum atomic E-state index is -0.520. The van der Waals surface area contributed by atoms with Crippen molar-refractivity contribution in [2.75, 3.05) is 11.9 Å². The predicted octanol–water partition coefficient (Wildman–Crippen LogP) is 3.30. The average Bonchev–Trinajstić information content (AvgIpc) is 3.26. The number of hydrogen-bond donors (Lipinski definition) is 2. The van der Waals surface area contributed by atoms with Gasteiger partial charge in [-0.2, -0.15) is 0 Å². The molecule has 152 valence electrons. The Morgan fingerprint density at radius 2 is 1.97 bits per heavy atom. The Bertz CT molecular complexity index is 1010. The molecule has 0 saturated heterocycles. The number of Topliss-reactive ketones (excluding diaryl/α,β-unsaturated/α-hetero) is 1. The van der Waals surface area contributed by atoms with Gasteiger partial charge in [-0.15, -0.1) is 0 Å². The number of primary amides is 1. The lowest BCUT2D eigenvalue weighted by molar-refractivity contribution is -0.0104. The van der Waals surface area contributed by atoms with Gasteiger partial charge in [0, 0.05) is 34.7 Å². The summed E-state index contributed by atoms with van der Waals surface area (Å²) >= 11 is 0. The normalized spacial score (nSPS) is 17.6. The van der Waals surface area contributed by atoms with E-state index in [1.54, 1.807) is 6.07 Å².